The van der Waals surface area contributed by atoms with Gasteiger partial charge in [0.2, 0.25) is 17.8 Å². The van der Waals surface area contributed by atoms with Crippen LogP contribution in [0.25, 0.3) is 0 Å². The Morgan fingerprint density at radius 1 is 1.15 bits per heavy atom. The number of hydrogen-bond donors (Lipinski definition) is 2. The van der Waals surface area contributed by atoms with Crippen LogP contribution in [0.15, 0.2) is 18.2 Å². The van der Waals surface area contributed by atoms with Gasteiger partial charge in [0.1, 0.15) is 5.82 Å². The highest BCUT2D eigenvalue weighted by Crippen LogP contribution is 2.22. The number of nitrogens with zero attached hydrogens (tertiary/aromatic N) is 4. The fourth-order valence-electron chi connectivity index (χ4n) is 1.44. The summed E-state index contributed by atoms with van der Waals surface area (Å²) in [7, 11) is 5.31. The van der Waals surface area contributed by atoms with Crippen LogP contribution >= 0.6 is 11.6 Å². The van der Waals surface area contributed by atoms with Gasteiger partial charge in [-0.2, -0.15) is 15.0 Å². The van der Waals surface area contributed by atoms with Crippen LogP contribution in [0.5, 0.6) is 0 Å². The Morgan fingerprint density at radius 3 is 2.45 bits per heavy atom. The van der Waals surface area contributed by atoms with Gasteiger partial charge >= 0.3 is 0 Å². The Bertz CT molecular complexity index is 619. The second-order valence-electron chi connectivity index (χ2n) is 4.18. The zero-order valence-corrected chi connectivity index (χ0v) is 12.0. The molecule has 1 heterocycles. The van der Waals surface area contributed by atoms with E-state index in [0.717, 1.165) is 0 Å². The van der Waals surface area contributed by atoms with E-state index < -0.39 is 5.82 Å². The first kappa shape index (κ1) is 14.3. The monoisotopic (exact) mass is 296 g/mol. The highest BCUT2D eigenvalue weighted by atomic mass is 35.5. The van der Waals surface area contributed by atoms with Gasteiger partial charge in [-0.25, -0.2) is 4.39 Å². The molecule has 0 aliphatic carbocycles. The van der Waals surface area contributed by atoms with Crippen molar-refractivity contribution in [2.45, 2.75) is 0 Å². The van der Waals surface area contributed by atoms with E-state index in [1.807, 2.05) is 0 Å². The summed E-state index contributed by atoms with van der Waals surface area (Å²) in [5, 5.41) is 5.96. The van der Waals surface area contributed by atoms with Crippen molar-refractivity contribution >= 4 is 35.1 Å². The number of hydrogen-bond acceptors (Lipinski definition) is 6. The summed E-state index contributed by atoms with van der Waals surface area (Å²) in [4.78, 5) is 14.2. The summed E-state index contributed by atoms with van der Waals surface area (Å²) in [6.45, 7) is 0. The smallest absolute Gasteiger partial charge is 0.233 e. The SMILES string of the molecule is CNc1nc(Nc2ccc(Cl)cc2F)nc(N(C)C)n1. The third-order valence-corrected chi connectivity index (χ3v) is 2.66. The van der Waals surface area contributed by atoms with Gasteiger partial charge < -0.3 is 15.5 Å². The van der Waals surface area contributed by atoms with Gasteiger partial charge in [-0.3, -0.25) is 0 Å². The van der Waals surface area contributed by atoms with E-state index in [1.165, 1.54) is 12.1 Å². The number of anilines is 4. The van der Waals surface area contributed by atoms with Gasteiger partial charge in [-0.1, -0.05) is 11.6 Å². The quantitative estimate of drug-likeness (QED) is 0.904. The topological polar surface area (TPSA) is 66.0 Å². The summed E-state index contributed by atoms with van der Waals surface area (Å²) in [6.07, 6.45) is 0. The Kier molecular flexibility index (Phi) is 4.19. The molecule has 0 saturated carbocycles. The van der Waals surface area contributed by atoms with Gasteiger partial charge in [-0.15, -0.1) is 0 Å². The lowest BCUT2D eigenvalue weighted by molar-refractivity contribution is 0.631. The molecule has 0 unspecified atom stereocenters. The van der Waals surface area contributed by atoms with Crippen molar-refractivity contribution in [3.05, 3.63) is 29.0 Å². The van der Waals surface area contributed by atoms with Crippen molar-refractivity contribution in [2.24, 2.45) is 0 Å². The van der Waals surface area contributed by atoms with Crippen LogP contribution in [-0.4, -0.2) is 36.1 Å². The fourth-order valence-corrected chi connectivity index (χ4v) is 1.60. The molecule has 2 rings (SSSR count). The second kappa shape index (κ2) is 5.87. The Hall–Kier alpha value is -2.15. The van der Waals surface area contributed by atoms with Crippen LogP contribution < -0.4 is 15.5 Å². The molecule has 6 nitrogen and oxygen atoms in total. The third-order valence-electron chi connectivity index (χ3n) is 2.42. The van der Waals surface area contributed by atoms with E-state index in [1.54, 1.807) is 32.1 Å². The van der Waals surface area contributed by atoms with Gasteiger partial charge in [0, 0.05) is 26.2 Å². The maximum atomic E-state index is 13.7. The van der Waals surface area contributed by atoms with Crippen molar-refractivity contribution < 1.29 is 4.39 Å². The highest BCUT2D eigenvalue weighted by molar-refractivity contribution is 6.30. The average Bonchev–Trinajstić information content (AvgIpc) is 2.41. The first-order valence-electron chi connectivity index (χ1n) is 5.83. The first-order valence-corrected chi connectivity index (χ1v) is 6.20. The number of nitrogens with one attached hydrogen (secondary N) is 2. The minimum atomic E-state index is -0.477. The second-order valence-corrected chi connectivity index (χ2v) is 4.61. The van der Waals surface area contributed by atoms with Crippen LogP contribution in [0.1, 0.15) is 0 Å². The van der Waals surface area contributed by atoms with Crippen LogP contribution in [0.4, 0.5) is 27.9 Å². The van der Waals surface area contributed by atoms with E-state index in [4.69, 9.17) is 11.6 Å². The molecule has 0 aliphatic heterocycles. The van der Waals surface area contributed by atoms with Gasteiger partial charge in [0.25, 0.3) is 0 Å². The van der Waals surface area contributed by atoms with E-state index >= 15 is 0 Å². The lowest BCUT2D eigenvalue weighted by Crippen LogP contribution is -2.15. The van der Waals surface area contributed by atoms with E-state index in [0.29, 0.717) is 16.9 Å². The molecule has 20 heavy (non-hydrogen) atoms. The Labute approximate surface area is 121 Å². The van der Waals surface area contributed by atoms with Crippen LogP contribution in [-0.2, 0) is 0 Å². The molecular formula is C12H14ClFN6. The van der Waals surface area contributed by atoms with Crippen molar-refractivity contribution in [1.29, 1.82) is 0 Å². The molecule has 0 saturated heterocycles. The highest BCUT2D eigenvalue weighted by Gasteiger charge is 2.09. The molecule has 0 amide bonds. The number of benzene rings is 1. The van der Waals surface area contributed by atoms with E-state index in [9.17, 15) is 4.39 Å². The molecule has 2 N–H and O–H groups in total. The maximum Gasteiger partial charge on any atom is 0.233 e. The fraction of sp³-hybridized carbons (Fsp3) is 0.250. The predicted octanol–water partition coefficient (Wildman–Crippen LogP) is 2.52. The molecule has 0 radical (unpaired) electrons. The van der Waals surface area contributed by atoms with E-state index in [2.05, 4.69) is 25.6 Å². The normalized spacial score (nSPS) is 10.2. The molecule has 8 heteroatoms. The molecule has 0 fully saturated rings. The largest absolute Gasteiger partial charge is 0.357 e. The molecule has 2 aromatic rings. The maximum absolute atomic E-state index is 13.7. The number of aromatic nitrogens is 3. The summed E-state index contributed by atoms with van der Waals surface area (Å²) >= 11 is 5.71. The molecule has 1 aromatic carbocycles. The standard InChI is InChI=1S/C12H14ClFN6/c1-15-10-17-11(19-12(18-10)20(2)3)16-9-5-4-7(13)6-8(9)14/h4-6H,1-3H3,(H2,15,16,17,18,19). The minimum absolute atomic E-state index is 0.243. The van der Waals surface area contributed by atoms with E-state index in [-0.39, 0.29) is 11.6 Å². The number of rotatable bonds is 4. The molecule has 0 spiro atoms. The summed E-state index contributed by atoms with van der Waals surface area (Å²) in [5.74, 6) is 0.617. The Balaban J connectivity index is 2.34. The van der Waals surface area contributed by atoms with Gasteiger partial charge in [-0.05, 0) is 18.2 Å². The predicted molar refractivity (Wildman–Crippen MR) is 78.4 cm³/mol. The van der Waals surface area contributed by atoms with Crippen LogP contribution in [0.2, 0.25) is 5.02 Å². The number of halogens is 2. The van der Waals surface area contributed by atoms with Gasteiger partial charge in [0.15, 0.2) is 0 Å². The molecule has 0 aliphatic rings. The summed E-state index contributed by atoms with van der Waals surface area (Å²) in [5.41, 5.74) is 0.243. The molecule has 1 aromatic heterocycles. The summed E-state index contributed by atoms with van der Waals surface area (Å²) in [6, 6.07) is 4.33. The van der Waals surface area contributed by atoms with Crippen molar-refractivity contribution in [3.8, 4) is 0 Å². The summed E-state index contributed by atoms with van der Waals surface area (Å²) < 4.78 is 13.7. The van der Waals surface area contributed by atoms with Crippen molar-refractivity contribution in [3.63, 3.8) is 0 Å². The lowest BCUT2D eigenvalue weighted by Gasteiger charge is -2.13. The lowest BCUT2D eigenvalue weighted by atomic mass is 10.3. The van der Waals surface area contributed by atoms with Crippen molar-refractivity contribution in [2.75, 3.05) is 36.7 Å². The molecule has 0 bridgehead atoms. The van der Waals surface area contributed by atoms with Crippen molar-refractivity contribution in [1.82, 2.24) is 15.0 Å². The molecule has 106 valence electrons. The van der Waals surface area contributed by atoms with Crippen LogP contribution in [0, 0.1) is 5.82 Å². The first-order chi connectivity index (χ1) is 9.49. The van der Waals surface area contributed by atoms with Gasteiger partial charge in [0.05, 0.1) is 5.69 Å². The zero-order chi connectivity index (χ0) is 14.7. The third kappa shape index (κ3) is 3.24. The Morgan fingerprint density at radius 2 is 1.85 bits per heavy atom. The average molecular weight is 297 g/mol. The minimum Gasteiger partial charge on any atom is -0.357 e. The van der Waals surface area contributed by atoms with Crippen LogP contribution in [0.3, 0.4) is 0 Å². The molecule has 0 atom stereocenters. The zero-order valence-electron chi connectivity index (χ0n) is 11.3. The molecular weight excluding hydrogens is 283 g/mol.